The van der Waals surface area contributed by atoms with E-state index in [2.05, 4.69) is 4.74 Å². The third-order valence-corrected chi connectivity index (χ3v) is 2.11. The molecule has 1 fully saturated rings. The van der Waals surface area contributed by atoms with Crippen molar-refractivity contribution in [1.29, 1.82) is 0 Å². The summed E-state index contributed by atoms with van der Waals surface area (Å²) in [5, 5.41) is 9.47. The lowest BCUT2D eigenvalue weighted by atomic mass is 9.94. The molecular weight excluding hydrogens is 188 g/mol. The van der Waals surface area contributed by atoms with Gasteiger partial charge in [0, 0.05) is 6.42 Å². The molecule has 0 aromatic rings. The van der Waals surface area contributed by atoms with E-state index < -0.39 is 18.0 Å². The molecule has 1 N–H and O–H groups in total. The van der Waals surface area contributed by atoms with E-state index in [0.717, 1.165) is 0 Å². The second-order valence-electron chi connectivity index (χ2n) is 3.09. The Balaban J connectivity index is 2.53. The first kappa shape index (κ1) is 11.1. The van der Waals surface area contributed by atoms with Crippen LogP contribution in [0.1, 0.15) is 13.3 Å². The molecular formula is C9H14O5. The molecule has 0 aliphatic carbocycles. The highest BCUT2D eigenvalue weighted by molar-refractivity contribution is 5.88. The van der Waals surface area contributed by atoms with E-state index in [1.54, 1.807) is 6.92 Å². The first-order chi connectivity index (χ1) is 6.66. The number of ether oxygens (including phenoxy) is 2. The number of hydrogen-bond donors (Lipinski definition) is 1. The van der Waals surface area contributed by atoms with Gasteiger partial charge >= 0.3 is 5.97 Å². The van der Waals surface area contributed by atoms with E-state index in [0.29, 0.717) is 6.61 Å². The normalized spacial score (nSPS) is 24.4. The fraction of sp³-hybridized carbons (Fsp3) is 0.778. The van der Waals surface area contributed by atoms with Crippen LogP contribution in [0.3, 0.4) is 0 Å². The Morgan fingerprint density at radius 3 is 3.07 bits per heavy atom. The summed E-state index contributed by atoms with van der Waals surface area (Å²) in [7, 11) is 0. The third-order valence-electron chi connectivity index (χ3n) is 2.11. The maximum Gasteiger partial charge on any atom is 0.335 e. The summed E-state index contributed by atoms with van der Waals surface area (Å²) < 4.78 is 9.62. The second kappa shape index (κ2) is 5.07. The summed E-state index contributed by atoms with van der Waals surface area (Å²) >= 11 is 0. The molecule has 14 heavy (non-hydrogen) atoms. The van der Waals surface area contributed by atoms with Crippen molar-refractivity contribution in [2.75, 3.05) is 19.8 Å². The Labute approximate surface area is 82.0 Å². The molecule has 1 aliphatic rings. The maximum atomic E-state index is 11.3. The lowest BCUT2D eigenvalue weighted by molar-refractivity contribution is -0.162. The number of Topliss-reactive ketones (excluding diaryl/α,β-unsaturated/α-hetero) is 1. The third kappa shape index (κ3) is 2.52. The van der Waals surface area contributed by atoms with Crippen LogP contribution in [0, 0.1) is 5.92 Å². The van der Waals surface area contributed by atoms with Gasteiger partial charge in [0.15, 0.2) is 6.10 Å². The van der Waals surface area contributed by atoms with Crippen LogP contribution in [-0.2, 0) is 19.1 Å². The summed E-state index contributed by atoms with van der Waals surface area (Å²) in [6.45, 7) is 2.30. The standard InChI is InChI=1S/C9H14O5/c1-2-14-9(12)8(11)6-5-13-4-3-7(6)10/h6,8,11H,2-5H2,1H3/t6-,8-/m1/s1. The summed E-state index contributed by atoms with van der Waals surface area (Å²) in [5.41, 5.74) is 0. The molecule has 0 amide bonds. The highest BCUT2D eigenvalue weighted by Gasteiger charge is 2.34. The number of rotatable bonds is 3. The van der Waals surface area contributed by atoms with Crippen molar-refractivity contribution in [2.24, 2.45) is 5.92 Å². The van der Waals surface area contributed by atoms with Crippen LogP contribution in [0.4, 0.5) is 0 Å². The average Bonchev–Trinajstić information content (AvgIpc) is 2.18. The Morgan fingerprint density at radius 1 is 1.79 bits per heavy atom. The van der Waals surface area contributed by atoms with Crippen molar-refractivity contribution in [3.05, 3.63) is 0 Å². The van der Waals surface area contributed by atoms with Crippen LogP contribution in [0.5, 0.6) is 0 Å². The molecule has 1 rings (SSSR count). The van der Waals surface area contributed by atoms with Gasteiger partial charge in [-0.2, -0.15) is 0 Å². The average molecular weight is 202 g/mol. The van der Waals surface area contributed by atoms with Gasteiger partial charge in [-0.3, -0.25) is 4.79 Å². The van der Waals surface area contributed by atoms with Crippen molar-refractivity contribution in [2.45, 2.75) is 19.4 Å². The van der Waals surface area contributed by atoms with Gasteiger partial charge < -0.3 is 14.6 Å². The Hall–Kier alpha value is -0.940. The monoisotopic (exact) mass is 202 g/mol. The molecule has 0 saturated carbocycles. The summed E-state index contributed by atoms with van der Waals surface area (Å²) in [5.74, 6) is -1.66. The van der Waals surface area contributed by atoms with Gasteiger partial charge in [-0.1, -0.05) is 0 Å². The van der Waals surface area contributed by atoms with Gasteiger partial charge in [0.05, 0.1) is 25.7 Å². The number of esters is 1. The lowest BCUT2D eigenvalue weighted by Gasteiger charge is -2.23. The van der Waals surface area contributed by atoms with E-state index in [-0.39, 0.29) is 25.4 Å². The zero-order valence-electron chi connectivity index (χ0n) is 8.06. The Kier molecular flexibility index (Phi) is 4.03. The first-order valence-electron chi connectivity index (χ1n) is 4.62. The second-order valence-corrected chi connectivity index (χ2v) is 3.09. The number of aliphatic hydroxyl groups excluding tert-OH is 1. The number of carbonyl (C=O) groups is 2. The zero-order chi connectivity index (χ0) is 10.6. The largest absolute Gasteiger partial charge is 0.464 e. The molecule has 80 valence electrons. The van der Waals surface area contributed by atoms with Crippen molar-refractivity contribution >= 4 is 11.8 Å². The van der Waals surface area contributed by atoms with Gasteiger partial charge in [0.25, 0.3) is 0 Å². The van der Waals surface area contributed by atoms with Crippen LogP contribution < -0.4 is 0 Å². The lowest BCUT2D eigenvalue weighted by Crippen LogP contribution is -2.41. The van der Waals surface area contributed by atoms with Gasteiger partial charge in [0.2, 0.25) is 0 Å². The fourth-order valence-corrected chi connectivity index (χ4v) is 1.32. The van der Waals surface area contributed by atoms with Crippen LogP contribution in [-0.4, -0.2) is 42.8 Å². The van der Waals surface area contributed by atoms with Crippen LogP contribution in [0.25, 0.3) is 0 Å². The zero-order valence-corrected chi connectivity index (χ0v) is 8.06. The minimum Gasteiger partial charge on any atom is -0.464 e. The van der Waals surface area contributed by atoms with Crippen LogP contribution in [0.15, 0.2) is 0 Å². The van der Waals surface area contributed by atoms with Crippen molar-refractivity contribution in [3.63, 3.8) is 0 Å². The van der Waals surface area contributed by atoms with Crippen molar-refractivity contribution < 1.29 is 24.2 Å². The minimum atomic E-state index is -1.39. The highest BCUT2D eigenvalue weighted by Crippen LogP contribution is 2.15. The molecule has 0 unspecified atom stereocenters. The Bertz CT molecular complexity index is 225. The van der Waals surface area contributed by atoms with Crippen LogP contribution >= 0.6 is 0 Å². The summed E-state index contributed by atoms with van der Waals surface area (Å²) in [6.07, 6.45) is -1.14. The van der Waals surface area contributed by atoms with E-state index >= 15 is 0 Å². The molecule has 1 aliphatic heterocycles. The Morgan fingerprint density at radius 2 is 2.50 bits per heavy atom. The number of hydrogen-bond acceptors (Lipinski definition) is 5. The van der Waals surface area contributed by atoms with E-state index in [1.807, 2.05) is 0 Å². The molecule has 0 spiro atoms. The van der Waals surface area contributed by atoms with Crippen molar-refractivity contribution in [3.8, 4) is 0 Å². The first-order valence-corrected chi connectivity index (χ1v) is 4.62. The molecule has 0 aromatic heterocycles. The summed E-state index contributed by atoms with van der Waals surface area (Å²) in [4.78, 5) is 22.4. The molecule has 5 heteroatoms. The molecule has 0 aromatic carbocycles. The smallest absolute Gasteiger partial charge is 0.335 e. The van der Waals surface area contributed by atoms with Crippen molar-refractivity contribution in [1.82, 2.24) is 0 Å². The molecule has 5 nitrogen and oxygen atoms in total. The topological polar surface area (TPSA) is 72.8 Å². The van der Waals surface area contributed by atoms with Gasteiger partial charge in [-0.15, -0.1) is 0 Å². The minimum absolute atomic E-state index is 0.0960. The summed E-state index contributed by atoms with van der Waals surface area (Å²) in [6, 6.07) is 0. The number of aliphatic hydroxyl groups is 1. The predicted molar refractivity (Wildman–Crippen MR) is 46.6 cm³/mol. The van der Waals surface area contributed by atoms with Gasteiger partial charge in [-0.25, -0.2) is 4.79 Å². The van der Waals surface area contributed by atoms with Crippen LogP contribution in [0.2, 0.25) is 0 Å². The molecule has 0 bridgehead atoms. The number of carbonyl (C=O) groups excluding carboxylic acids is 2. The highest BCUT2D eigenvalue weighted by atomic mass is 16.5. The van der Waals surface area contributed by atoms with E-state index in [9.17, 15) is 14.7 Å². The molecule has 1 saturated heterocycles. The van der Waals surface area contributed by atoms with E-state index in [4.69, 9.17) is 4.74 Å². The maximum absolute atomic E-state index is 11.3. The van der Waals surface area contributed by atoms with Gasteiger partial charge in [-0.05, 0) is 6.92 Å². The van der Waals surface area contributed by atoms with Gasteiger partial charge in [0.1, 0.15) is 5.78 Å². The molecule has 0 radical (unpaired) electrons. The quantitative estimate of drug-likeness (QED) is 0.625. The molecule has 1 heterocycles. The predicted octanol–water partition coefficient (Wildman–Crippen LogP) is -0.484. The fourth-order valence-electron chi connectivity index (χ4n) is 1.32. The van der Waals surface area contributed by atoms with E-state index in [1.165, 1.54) is 0 Å². The number of ketones is 1. The SMILES string of the molecule is CCOC(=O)[C@H](O)[C@@H]1COCCC1=O. The molecule has 2 atom stereocenters.